The summed E-state index contributed by atoms with van der Waals surface area (Å²) in [6.07, 6.45) is 22.0. The lowest BCUT2D eigenvalue weighted by atomic mass is 10.1. The number of amides is 1. The summed E-state index contributed by atoms with van der Waals surface area (Å²) in [5.41, 5.74) is 0.895. The molecular formula is C28H41NO. The fraction of sp³-hybridized carbons (Fsp3) is 0.536. The number of unbranched alkanes of at least 4 members (excludes halogenated alkanes) is 11. The molecule has 2 aromatic carbocycles. The van der Waals surface area contributed by atoms with Crippen LogP contribution in [0.15, 0.2) is 54.6 Å². The van der Waals surface area contributed by atoms with E-state index in [9.17, 15) is 4.79 Å². The molecule has 0 aromatic heterocycles. The monoisotopic (exact) mass is 407 g/mol. The summed E-state index contributed by atoms with van der Waals surface area (Å²) < 4.78 is 0. The van der Waals surface area contributed by atoms with Gasteiger partial charge in [0, 0.05) is 12.1 Å². The van der Waals surface area contributed by atoms with Crippen LogP contribution in [0.1, 0.15) is 96.8 Å². The molecule has 0 unspecified atom stereocenters. The fourth-order valence-corrected chi connectivity index (χ4v) is 3.85. The highest BCUT2D eigenvalue weighted by atomic mass is 16.1. The average molecular weight is 408 g/mol. The molecule has 1 amide bonds. The number of anilines is 1. The van der Waals surface area contributed by atoms with Crippen molar-refractivity contribution in [3.8, 4) is 0 Å². The van der Waals surface area contributed by atoms with E-state index in [1.807, 2.05) is 24.3 Å². The van der Waals surface area contributed by atoms with Crippen LogP contribution in [-0.4, -0.2) is 5.91 Å². The summed E-state index contributed by atoms with van der Waals surface area (Å²) in [7, 11) is 0. The molecule has 0 bridgehead atoms. The van der Waals surface area contributed by atoms with E-state index in [-0.39, 0.29) is 5.91 Å². The lowest BCUT2D eigenvalue weighted by molar-refractivity contribution is -0.116. The Morgan fingerprint density at radius 1 is 0.733 bits per heavy atom. The molecule has 0 aliphatic heterocycles. The number of rotatable bonds is 16. The van der Waals surface area contributed by atoms with Crippen molar-refractivity contribution < 1.29 is 4.79 Å². The zero-order chi connectivity index (χ0) is 21.3. The van der Waals surface area contributed by atoms with E-state index in [0.29, 0.717) is 6.42 Å². The number of carbonyl (C=O) groups excluding carboxylic acids is 1. The Balaban J connectivity index is 1.43. The molecule has 0 saturated carbocycles. The number of hydrogen-bond donors (Lipinski definition) is 1. The lowest BCUT2D eigenvalue weighted by Crippen LogP contribution is -2.10. The number of hydrogen-bond acceptors (Lipinski definition) is 1. The molecule has 30 heavy (non-hydrogen) atoms. The van der Waals surface area contributed by atoms with Crippen LogP contribution < -0.4 is 5.32 Å². The highest BCUT2D eigenvalue weighted by Gasteiger charge is 2.03. The van der Waals surface area contributed by atoms with Gasteiger partial charge in [0.15, 0.2) is 0 Å². The minimum atomic E-state index is 0.128. The molecule has 0 aliphatic carbocycles. The zero-order valence-corrected chi connectivity index (χ0v) is 19.0. The predicted molar refractivity (Wildman–Crippen MR) is 132 cm³/mol. The first-order valence-corrected chi connectivity index (χ1v) is 12.2. The van der Waals surface area contributed by atoms with Gasteiger partial charge >= 0.3 is 0 Å². The van der Waals surface area contributed by atoms with E-state index in [1.165, 1.54) is 76.0 Å². The van der Waals surface area contributed by atoms with Crippen molar-refractivity contribution in [3.05, 3.63) is 54.6 Å². The molecule has 164 valence electrons. The molecular weight excluding hydrogens is 366 g/mol. The maximum Gasteiger partial charge on any atom is 0.224 e. The van der Waals surface area contributed by atoms with Gasteiger partial charge < -0.3 is 5.32 Å². The Bertz CT molecular complexity index is 749. The van der Waals surface area contributed by atoms with Crippen molar-refractivity contribution in [3.63, 3.8) is 0 Å². The van der Waals surface area contributed by atoms with Gasteiger partial charge in [0.1, 0.15) is 0 Å². The molecule has 2 rings (SSSR count). The summed E-state index contributed by atoms with van der Waals surface area (Å²) in [5.74, 6) is 0.128. The van der Waals surface area contributed by atoms with Crippen LogP contribution >= 0.6 is 0 Å². The van der Waals surface area contributed by atoms with Gasteiger partial charge in [-0.05, 0) is 55.0 Å². The molecule has 0 radical (unpaired) electrons. The van der Waals surface area contributed by atoms with Crippen molar-refractivity contribution in [1.82, 2.24) is 0 Å². The Morgan fingerprint density at radius 3 is 2.03 bits per heavy atom. The Labute approximate surface area is 184 Å². The number of benzene rings is 2. The van der Waals surface area contributed by atoms with E-state index in [1.54, 1.807) is 0 Å². The molecule has 0 fully saturated rings. The van der Waals surface area contributed by atoms with E-state index in [4.69, 9.17) is 0 Å². The van der Waals surface area contributed by atoms with Crippen molar-refractivity contribution in [2.75, 3.05) is 5.32 Å². The minimum absolute atomic E-state index is 0.128. The quantitative estimate of drug-likeness (QED) is 0.218. The summed E-state index contributed by atoms with van der Waals surface area (Å²) >= 11 is 0. The van der Waals surface area contributed by atoms with Gasteiger partial charge in [-0.15, -0.1) is 0 Å². The van der Waals surface area contributed by atoms with Crippen molar-refractivity contribution in [2.24, 2.45) is 0 Å². The van der Waals surface area contributed by atoms with Gasteiger partial charge in [0.25, 0.3) is 0 Å². The second kappa shape index (κ2) is 15.7. The van der Waals surface area contributed by atoms with Gasteiger partial charge in [-0.1, -0.05) is 101 Å². The number of carbonyl (C=O) groups is 1. The molecule has 0 aliphatic rings. The molecule has 1 N–H and O–H groups in total. The van der Waals surface area contributed by atoms with E-state index < -0.39 is 0 Å². The first kappa shape index (κ1) is 24.2. The Morgan fingerprint density at radius 2 is 1.33 bits per heavy atom. The second-order valence-electron chi connectivity index (χ2n) is 8.44. The normalized spacial score (nSPS) is 11.4. The van der Waals surface area contributed by atoms with Crippen LogP contribution in [0, 0.1) is 0 Å². The topological polar surface area (TPSA) is 29.1 Å². The van der Waals surface area contributed by atoms with E-state index in [0.717, 1.165) is 23.9 Å². The van der Waals surface area contributed by atoms with Gasteiger partial charge in [0.2, 0.25) is 5.91 Å². The third-order valence-corrected chi connectivity index (χ3v) is 5.70. The van der Waals surface area contributed by atoms with Crippen LogP contribution in [0.5, 0.6) is 0 Å². The number of allylic oxidation sites excluding steroid dienone is 2. The van der Waals surface area contributed by atoms with Gasteiger partial charge in [0.05, 0.1) is 0 Å². The van der Waals surface area contributed by atoms with E-state index in [2.05, 4.69) is 42.6 Å². The molecule has 2 heteroatoms. The zero-order valence-electron chi connectivity index (χ0n) is 19.0. The molecule has 0 saturated heterocycles. The highest BCUT2D eigenvalue weighted by Crippen LogP contribution is 2.19. The summed E-state index contributed by atoms with van der Waals surface area (Å²) in [5, 5.41) is 5.40. The van der Waals surface area contributed by atoms with Crippen molar-refractivity contribution in [2.45, 2.75) is 96.8 Å². The molecule has 2 nitrogen and oxygen atoms in total. The highest BCUT2D eigenvalue weighted by molar-refractivity contribution is 5.94. The molecule has 2 aromatic rings. The van der Waals surface area contributed by atoms with Crippen LogP contribution in [0.3, 0.4) is 0 Å². The molecule has 0 spiro atoms. The average Bonchev–Trinajstić information content (AvgIpc) is 2.76. The third kappa shape index (κ3) is 10.6. The maximum atomic E-state index is 12.2. The fourth-order valence-electron chi connectivity index (χ4n) is 3.85. The standard InChI is InChI=1S/C28H41NO/c1-2-3-4-5-6-7-8-9-10-11-12-13-14-15-16-21-28(30)29-27-23-22-25-19-17-18-20-26(25)24-27/h9-10,17-20,22-24H,2-8,11-16,21H2,1H3,(H,29,30)/b10-9-. The molecule has 0 atom stereocenters. The van der Waals surface area contributed by atoms with Gasteiger partial charge in [-0.25, -0.2) is 0 Å². The predicted octanol–water partition coefficient (Wildman–Crippen LogP) is 8.82. The second-order valence-corrected chi connectivity index (χ2v) is 8.44. The molecule has 0 heterocycles. The summed E-state index contributed by atoms with van der Waals surface area (Å²) in [4.78, 5) is 12.2. The van der Waals surface area contributed by atoms with Gasteiger partial charge in [-0.2, -0.15) is 0 Å². The Kier molecular flexibility index (Phi) is 12.7. The van der Waals surface area contributed by atoms with Crippen LogP contribution in [0.4, 0.5) is 5.69 Å². The first-order chi connectivity index (χ1) is 14.8. The lowest BCUT2D eigenvalue weighted by Gasteiger charge is -2.07. The third-order valence-electron chi connectivity index (χ3n) is 5.70. The van der Waals surface area contributed by atoms with Crippen LogP contribution in [0.25, 0.3) is 10.8 Å². The van der Waals surface area contributed by atoms with E-state index >= 15 is 0 Å². The number of nitrogens with one attached hydrogen (secondary N) is 1. The summed E-state index contributed by atoms with van der Waals surface area (Å²) in [6, 6.07) is 14.3. The number of fused-ring (bicyclic) bond motifs is 1. The van der Waals surface area contributed by atoms with Gasteiger partial charge in [-0.3, -0.25) is 4.79 Å². The van der Waals surface area contributed by atoms with Crippen molar-refractivity contribution >= 4 is 22.4 Å². The maximum absolute atomic E-state index is 12.2. The van der Waals surface area contributed by atoms with Crippen molar-refractivity contribution in [1.29, 1.82) is 0 Å². The first-order valence-electron chi connectivity index (χ1n) is 12.2. The Hall–Kier alpha value is -2.09. The van der Waals surface area contributed by atoms with Crippen LogP contribution in [-0.2, 0) is 4.79 Å². The summed E-state index contributed by atoms with van der Waals surface area (Å²) in [6.45, 7) is 2.27. The SMILES string of the molecule is CCCCCCCC/C=C\CCCCCCCC(=O)Nc1ccc2ccccc2c1. The van der Waals surface area contributed by atoms with Crippen LogP contribution in [0.2, 0.25) is 0 Å². The smallest absolute Gasteiger partial charge is 0.224 e. The minimum Gasteiger partial charge on any atom is -0.326 e. The largest absolute Gasteiger partial charge is 0.326 e.